The van der Waals surface area contributed by atoms with Crippen LogP contribution in [0.3, 0.4) is 0 Å². The predicted molar refractivity (Wildman–Crippen MR) is 122 cm³/mol. The Morgan fingerprint density at radius 2 is 1.88 bits per heavy atom. The van der Waals surface area contributed by atoms with Gasteiger partial charge in [0.05, 0.1) is 18.4 Å². The van der Waals surface area contributed by atoms with Crippen LogP contribution in [0.2, 0.25) is 0 Å². The second kappa shape index (κ2) is 9.81. The lowest BCUT2D eigenvalue weighted by Gasteiger charge is -2.26. The topological polar surface area (TPSA) is 85.8 Å². The van der Waals surface area contributed by atoms with Crippen LogP contribution >= 0.6 is 15.9 Å². The van der Waals surface area contributed by atoms with Crippen LogP contribution in [0.25, 0.3) is 0 Å². The lowest BCUT2D eigenvalue weighted by Crippen LogP contribution is -2.43. The van der Waals surface area contributed by atoms with Gasteiger partial charge in [0, 0.05) is 6.20 Å². The van der Waals surface area contributed by atoms with Crippen LogP contribution in [0.5, 0.6) is 0 Å². The summed E-state index contributed by atoms with van der Waals surface area (Å²) < 4.78 is 11.6. The molecule has 0 N–H and O–H groups in total. The summed E-state index contributed by atoms with van der Waals surface area (Å²) in [5.74, 6) is -1.76. The summed E-state index contributed by atoms with van der Waals surface area (Å²) in [4.78, 5) is 44.0. The zero-order valence-electron chi connectivity index (χ0n) is 18.6. The van der Waals surface area contributed by atoms with E-state index in [9.17, 15) is 14.4 Å². The van der Waals surface area contributed by atoms with Gasteiger partial charge >= 0.3 is 12.1 Å². The molecule has 8 heteroatoms. The Labute approximate surface area is 196 Å². The first-order valence-electron chi connectivity index (χ1n) is 10.5. The average Bonchev–Trinajstić information content (AvgIpc) is 3.02. The molecule has 2 amide bonds. The largest absolute Gasteiger partial charge is 0.460 e. The van der Waals surface area contributed by atoms with Crippen molar-refractivity contribution in [3.63, 3.8) is 0 Å². The van der Waals surface area contributed by atoms with Crippen LogP contribution in [0.15, 0.2) is 53.3 Å². The fraction of sp³-hybridized carbons (Fsp3) is 0.417. The van der Waals surface area contributed by atoms with Crippen molar-refractivity contribution < 1.29 is 23.9 Å². The predicted octanol–water partition coefficient (Wildman–Crippen LogP) is 4.84. The number of halogens is 1. The number of hydrogen-bond donors (Lipinski definition) is 0. The highest BCUT2D eigenvalue weighted by Gasteiger charge is 2.45. The summed E-state index contributed by atoms with van der Waals surface area (Å²) >= 11 is 3.29. The van der Waals surface area contributed by atoms with Gasteiger partial charge in [-0.2, -0.15) is 0 Å². The Morgan fingerprint density at radius 3 is 2.47 bits per heavy atom. The number of aromatic nitrogens is 1. The van der Waals surface area contributed by atoms with Gasteiger partial charge in [-0.25, -0.2) is 14.7 Å². The van der Waals surface area contributed by atoms with Crippen molar-refractivity contribution in [3.8, 4) is 0 Å². The van der Waals surface area contributed by atoms with Crippen molar-refractivity contribution in [2.45, 2.75) is 58.3 Å². The smallest absolute Gasteiger partial charge is 0.417 e. The number of nitrogens with zero attached hydrogens (tertiary/aromatic N) is 2. The molecule has 1 saturated heterocycles. The highest BCUT2D eigenvalue weighted by atomic mass is 79.9. The van der Waals surface area contributed by atoms with Crippen LogP contribution in [-0.2, 0) is 25.5 Å². The Kier molecular flexibility index (Phi) is 7.33. The molecule has 0 bridgehead atoms. The van der Waals surface area contributed by atoms with Gasteiger partial charge in [0.15, 0.2) is 0 Å². The van der Waals surface area contributed by atoms with Crippen LogP contribution in [0, 0.1) is 5.92 Å². The first kappa shape index (κ1) is 23.9. The van der Waals surface area contributed by atoms with Gasteiger partial charge in [0.2, 0.25) is 5.91 Å². The number of carbonyl (C=O) groups is 3. The fourth-order valence-corrected chi connectivity index (χ4v) is 3.92. The number of ether oxygens (including phenoxy) is 2. The summed E-state index contributed by atoms with van der Waals surface area (Å²) in [7, 11) is 0. The molecule has 3 rings (SSSR count). The molecule has 2 aromatic rings. The minimum Gasteiger partial charge on any atom is -0.460 e. The van der Waals surface area contributed by atoms with Crippen molar-refractivity contribution in [1.29, 1.82) is 0 Å². The molecule has 3 atom stereocenters. The molecular formula is C24H27BrN2O5. The third kappa shape index (κ3) is 5.94. The molecule has 7 nitrogen and oxygen atoms in total. The van der Waals surface area contributed by atoms with Crippen LogP contribution in [-0.4, -0.2) is 39.5 Å². The molecule has 0 saturated carbocycles. The third-order valence-electron chi connectivity index (χ3n) is 5.09. The summed E-state index contributed by atoms with van der Waals surface area (Å²) in [6.07, 6.45) is 0.449. The van der Waals surface area contributed by atoms with Crippen molar-refractivity contribution in [1.82, 2.24) is 9.88 Å². The number of cyclic esters (lactones) is 1. The number of carbonyl (C=O) groups excluding carboxylic acids is 3. The third-order valence-corrected chi connectivity index (χ3v) is 5.56. The van der Waals surface area contributed by atoms with Gasteiger partial charge in [-0.3, -0.25) is 9.59 Å². The lowest BCUT2D eigenvalue weighted by molar-refractivity contribution is -0.158. The van der Waals surface area contributed by atoms with Crippen LogP contribution < -0.4 is 0 Å². The first-order valence-corrected chi connectivity index (χ1v) is 11.3. The van der Waals surface area contributed by atoms with Gasteiger partial charge in [-0.05, 0) is 67.2 Å². The van der Waals surface area contributed by atoms with E-state index < -0.39 is 41.6 Å². The molecule has 1 aliphatic heterocycles. The highest BCUT2D eigenvalue weighted by Crippen LogP contribution is 2.34. The molecule has 0 radical (unpaired) electrons. The van der Waals surface area contributed by atoms with Crippen molar-refractivity contribution in [2.75, 3.05) is 0 Å². The minimum absolute atomic E-state index is 0.154. The van der Waals surface area contributed by atoms with Gasteiger partial charge in [0.1, 0.15) is 16.3 Å². The number of hydrogen-bond acceptors (Lipinski definition) is 6. The van der Waals surface area contributed by atoms with Gasteiger partial charge in [-0.15, -0.1) is 0 Å². The van der Waals surface area contributed by atoms with Crippen LogP contribution in [0.4, 0.5) is 4.79 Å². The first-order chi connectivity index (χ1) is 15.0. The van der Waals surface area contributed by atoms with E-state index in [1.807, 2.05) is 36.4 Å². The maximum Gasteiger partial charge on any atom is 0.417 e. The number of benzene rings is 1. The number of imide groups is 1. The second-order valence-electron chi connectivity index (χ2n) is 8.84. The summed E-state index contributed by atoms with van der Waals surface area (Å²) in [6.45, 7) is 7.08. The normalized spacial score (nSPS) is 19.4. The molecule has 0 unspecified atom stereocenters. The Bertz CT molecular complexity index is 972. The monoisotopic (exact) mass is 502 g/mol. The molecule has 1 aliphatic rings. The van der Waals surface area contributed by atoms with Crippen molar-refractivity contribution in [2.24, 2.45) is 5.92 Å². The van der Waals surface area contributed by atoms with E-state index in [4.69, 9.17) is 9.47 Å². The molecule has 2 heterocycles. The van der Waals surface area contributed by atoms with Crippen LogP contribution in [0.1, 0.15) is 51.3 Å². The molecule has 0 spiro atoms. The fourth-order valence-electron chi connectivity index (χ4n) is 3.69. The quantitative estimate of drug-likeness (QED) is 0.414. The van der Waals surface area contributed by atoms with Gasteiger partial charge in [0.25, 0.3) is 0 Å². The zero-order valence-corrected chi connectivity index (χ0v) is 20.2. The van der Waals surface area contributed by atoms with E-state index in [0.29, 0.717) is 4.60 Å². The molecule has 1 aromatic carbocycles. The standard InChI is InChI=1S/C24H27BrN2O5/c1-15-21(17-8-6-5-7-9-17)31-23(30)27(15)22(29)18(13-20(28)32-24(2,3)4)12-16-10-11-19(25)26-14-16/h5-11,14-15,18,21H,12-13H2,1-4H3/t15-,18+,21-/m1/s1. The zero-order chi connectivity index (χ0) is 23.5. The summed E-state index contributed by atoms with van der Waals surface area (Å²) in [6, 6.07) is 12.4. The number of amides is 2. The summed E-state index contributed by atoms with van der Waals surface area (Å²) in [5, 5.41) is 0. The number of pyridine rings is 1. The highest BCUT2D eigenvalue weighted by molar-refractivity contribution is 9.10. The Hall–Kier alpha value is -2.74. The molecule has 32 heavy (non-hydrogen) atoms. The average molecular weight is 503 g/mol. The van der Waals surface area contributed by atoms with Crippen molar-refractivity contribution in [3.05, 3.63) is 64.4 Å². The lowest BCUT2D eigenvalue weighted by atomic mass is 9.94. The molecule has 1 fully saturated rings. The van der Waals surface area contributed by atoms with E-state index in [1.165, 1.54) is 0 Å². The Morgan fingerprint density at radius 1 is 1.19 bits per heavy atom. The van der Waals surface area contributed by atoms with Gasteiger partial charge in [-0.1, -0.05) is 36.4 Å². The maximum absolute atomic E-state index is 13.5. The summed E-state index contributed by atoms with van der Waals surface area (Å²) in [5.41, 5.74) is 0.904. The van der Waals surface area contributed by atoms with Gasteiger partial charge < -0.3 is 9.47 Å². The van der Waals surface area contributed by atoms with E-state index >= 15 is 0 Å². The molecule has 0 aliphatic carbocycles. The van der Waals surface area contributed by atoms with E-state index in [0.717, 1.165) is 16.0 Å². The van der Waals surface area contributed by atoms with E-state index in [2.05, 4.69) is 20.9 Å². The molecular weight excluding hydrogens is 476 g/mol. The van der Waals surface area contributed by atoms with Crippen molar-refractivity contribution >= 4 is 33.9 Å². The number of rotatable bonds is 6. The molecule has 1 aromatic heterocycles. The minimum atomic E-state index is -0.794. The number of esters is 1. The van der Waals surface area contributed by atoms with E-state index in [-0.39, 0.29) is 12.8 Å². The SMILES string of the molecule is C[C@@H]1[C@H](c2ccccc2)OC(=O)N1C(=O)[C@H](CC(=O)OC(C)(C)C)Cc1ccc(Br)nc1. The Balaban J connectivity index is 1.83. The molecule has 170 valence electrons. The van der Waals surface area contributed by atoms with E-state index in [1.54, 1.807) is 40.0 Å². The second-order valence-corrected chi connectivity index (χ2v) is 9.66. The maximum atomic E-state index is 13.5.